The van der Waals surface area contributed by atoms with E-state index in [2.05, 4.69) is 0 Å². The van der Waals surface area contributed by atoms with E-state index in [0.717, 1.165) is 5.56 Å². The Morgan fingerprint density at radius 2 is 1.41 bits per heavy atom. The van der Waals surface area contributed by atoms with Crippen LogP contribution in [0.4, 0.5) is 0 Å². The summed E-state index contributed by atoms with van der Waals surface area (Å²) in [5.74, 6) is 1.03. The summed E-state index contributed by atoms with van der Waals surface area (Å²) in [6, 6.07) is 20.6. The van der Waals surface area contributed by atoms with Gasteiger partial charge < -0.3 is 14.2 Å². The summed E-state index contributed by atoms with van der Waals surface area (Å²) in [6.07, 6.45) is 3.15. The molecule has 0 unspecified atom stereocenters. The zero-order chi connectivity index (χ0) is 20.6. The quantitative estimate of drug-likeness (QED) is 0.251. The number of ether oxygens (including phenoxy) is 3. The maximum Gasteiger partial charge on any atom is 0.343 e. The average Bonchev–Trinajstić information content (AvgIpc) is 2.77. The van der Waals surface area contributed by atoms with E-state index >= 15 is 0 Å². The predicted molar refractivity (Wildman–Crippen MR) is 111 cm³/mol. The van der Waals surface area contributed by atoms with E-state index in [1.54, 1.807) is 79.9 Å². The second kappa shape index (κ2) is 9.37. The first-order valence-corrected chi connectivity index (χ1v) is 8.92. The monoisotopic (exact) mass is 388 g/mol. The molecule has 0 saturated carbocycles. The Labute approximate surface area is 169 Å². The van der Waals surface area contributed by atoms with Crippen molar-refractivity contribution in [1.29, 1.82) is 0 Å². The number of esters is 1. The maximum atomic E-state index is 12.3. The minimum atomic E-state index is -0.487. The molecule has 0 heterocycles. The molecule has 0 saturated heterocycles. The second-order valence-electron chi connectivity index (χ2n) is 6.12. The van der Waals surface area contributed by atoms with Crippen molar-refractivity contribution in [2.45, 2.75) is 0 Å². The third-order valence-corrected chi connectivity index (χ3v) is 4.18. The van der Waals surface area contributed by atoms with Crippen molar-refractivity contribution in [1.82, 2.24) is 0 Å². The van der Waals surface area contributed by atoms with Gasteiger partial charge in [-0.05, 0) is 66.2 Å². The van der Waals surface area contributed by atoms with Gasteiger partial charge in [0, 0.05) is 5.56 Å². The van der Waals surface area contributed by atoms with E-state index in [-0.39, 0.29) is 5.78 Å². The lowest BCUT2D eigenvalue weighted by atomic mass is 10.1. The molecule has 3 rings (SSSR count). The molecule has 0 fully saturated rings. The van der Waals surface area contributed by atoms with Crippen molar-refractivity contribution in [2.24, 2.45) is 0 Å². The van der Waals surface area contributed by atoms with Crippen LogP contribution in [0.15, 0.2) is 78.9 Å². The number of allylic oxidation sites excluding steroid dienone is 1. The van der Waals surface area contributed by atoms with E-state index < -0.39 is 5.97 Å². The summed E-state index contributed by atoms with van der Waals surface area (Å²) >= 11 is 0. The Balaban J connectivity index is 1.69. The van der Waals surface area contributed by atoms with Gasteiger partial charge in [0.05, 0.1) is 19.8 Å². The van der Waals surface area contributed by atoms with E-state index in [9.17, 15) is 9.59 Å². The Bertz CT molecular complexity index is 1040. The summed E-state index contributed by atoms with van der Waals surface area (Å²) in [5.41, 5.74) is 1.69. The molecule has 5 nitrogen and oxygen atoms in total. The van der Waals surface area contributed by atoms with Crippen LogP contribution >= 0.6 is 0 Å². The molecule has 0 spiro atoms. The van der Waals surface area contributed by atoms with Gasteiger partial charge in [-0.3, -0.25) is 4.79 Å². The summed E-state index contributed by atoms with van der Waals surface area (Å²) in [5, 5.41) is 0. The summed E-state index contributed by atoms with van der Waals surface area (Å²) in [6.45, 7) is 0. The van der Waals surface area contributed by atoms with E-state index in [1.165, 1.54) is 13.2 Å². The van der Waals surface area contributed by atoms with Gasteiger partial charge in [-0.25, -0.2) is 4.79 Å². The Morgan fingerprint density at radius 3 is 2.14 bits per heavy atom. The Morgan fingerprint density at radius 1 is 0.724 bits per heavy atom. The summed E-state index contributed by atoms with van der Waals surface area (Å²) in [7, 11) is 3.11. The summed E-state index contributed by atoms with van der Waals surface area (Å²) in [4.78, 5) is 24.6. The molecule has 0 aliphatic heterocycles. The normalized spacial score (nSPS) is 10.6. The topological polar surface area (TPSA) is 61.8 Å². The molecule has 0 radical (unpaired) electrons. The molecule has 29 heavy (non-hydrogen) atoms. The largest absolute Gasteiger partial charge is 0.497 e. The maximum absolute atomic E-state index is 12.3. The lowest BCUT2D eigenvalue weighted by Gasteiger charge is -2.06. The Kier molecular flexibility index (Phi) is 6.43. The van der Waals surface area contributed by atoms with Gasteiger partial charge >= 0.3 is 5.97 Å². The van der Waals surface area contributed by atoms with Gasteiger partial charge in [-0.1, -0.05) is 24.3 Å². The first-order valence-electron chi connectivity index (χ1n) is 8.92. The number of benzene rings is 3. The highest BCUT2D eigenvalue weighted by molar-refractivity contribution is 6.06. The molecule has 3 aromatic carbocycles. The number of carbonyl (C=O) groups excluding carboxylic acids is 2. The fourth-order valence-corrected chi connectivity index (χ4v) is 2.62. The zero-order valence-corrected chi connectivity index (χ0v) is 16.1. The van der Waals surface area contributed by atoms with Crippen LogP contribution in [0.25, 0.3) is 6.08 Å². The molecule has 0 aromatic heterocycles. The van der Waals surface area contributed by atoms with Crippen molar-refractivity contribution in [3.05, 3.63) is 95.6 Å². The van der Waals surface area contributed by atoms with Gasteiger partial charge in [0.15, 0.2) is 5.78 Å². The molecule has 5 heteroatoms. The molecule has 0 N–H and O–H groups in total. The van der Waals surface area contributed by atoms with Gasteiger partial charge in [0.2, 0.25) is 0 Å². The zero-order valence-electron chi connectivity index (χ0n) is 16.1. The van der Waals surface area contributed by atoms with Gasteiger partial charge in [0.25, 0.3) is 0 Å². The Hall–Kier alpha value is -3.86. The van der Waals surface area contributed by atoms with Gasteiger partial charge in [-0.2, -0.15) is 0 Å². The molecule has 3 aromatic rings. The molecular weight excluding hydrogens is 368 g/mol. The molecular formula is C24H20O5. The highest BCUT2D eigenvalue weighted by Gasteiger charge is 2.10. The van der Waals surface area contributed by atoms with Crippen LogP contribution in [0.3, 0.4) is 0 Å². The van der Waals surface area contributed by atoms with Crippen LogP contribution < -0.4 is 14.2 Å². The number of ketones is 1. The molecule has 146 valence electrons. The molecule has 0 aliphatic carbocycles. The van der Waals surface area contributed by atoms with Crippen molar-refractivity contribution in [3.63, 3.8) is 0 Å². The van der Waals surface area contributed by atoms with E-state index in [1.807, 2.05) is 6.07 Å². The van der Waals surface area contributed by atoms with Crippen LogP contribution in [0.1, 0.15) is 26.3 Å². The highest BCUT2D eigenvalue weighted by Crippen LogP contribution is 2.19. The number of hydrogen-bond donors (Lipinski definition) is 0. The third kappa shape index (κ3) is 5.32. The number of rotatable bonds is 7. The second-order valence-corrected chi connectivity index (χ2v) is 6.12. The van der Waals surface area contributed by atoms with Crippen molar-refractivity contribution >= 4 is 17.8 Å². The molecule has 0 atom stereocenters. The molecule has 0 aliphatic rings. The van der Waals surface area contributed by atoms with Gasteiger partial charge in [-0.15, -0.1) is 0 Å². The van der Waals surface area contributed by atoms with Crippen molar-refractivity contribution < 1.29 is 23.8 Å². The van der Waals surface area contributed by atoms with E-state index in [4.69, 9.17) is 14.2 Å². The standard InChI is InChI=1S/C24H20O5/c1-27-20-12-10-18(11-13-20)23(25)14-9-17-5-3-8-22(15-17)29-24(26)19-6-4-7-21(16-19)28-2/h3-16H,1-2H3/b14-9+. The van der Waals surface area contributed by atoms with Crippen LogP contribution in [0.2, 0.25) is 0 Å². The smallest absolute Gasteiger partial charge is 0.343 e. The van der Waals surface area contributed by atoms with Crippen LogP contribution in [-0.4, -0.2) is 26.0 Å². The summed E-state index contributed by atoms with van der Waals surface area (Å²) < 4.78 is 15.6. The molecule has 0 amide bonds. The lowest BCUT2D eigenvalue weighted by molar-refractivity contribution is 0.0734. The van der Waals surface area contributed by atoms with Crippen molar-refractivity contribution in [2.75, 3.05) is 14.2 Å². The average molecular weight is 388 g/mol. The van der Waals surface area contributed by atoms with Crippen molar-refractivity contribution in [3.8, 4) is 17.2 Å². The number of methoxy groups -OCH3 is 2. The SMILES string of the molecule is COc1ccc(C(=O)/C=C/c2cccc(OC(=O)c3cccc(OC)c3)c2)cc1. The fraction of sp³-hybridized carbons (Fsp3) is 0.0833. The van der Waals surface area contributed by atoms with Crippen LogP contribution in [0.5, 0.6) is 17.2 Å². The third-order valence-electron chi connectivity index (χ3n) is 4.18. The minimum Gasteiger partial charge on any atom is -0.497 e. The lowest BCUT2D eigenvalue weighted by Crippen LogP contribution is -2.08. The van der Waals surface area contributed by atoms with Crippen LogP contribution in [0, 0.1) is 0 Å². The number of carbonyl (C=O) groups is 2. The fourth-order valence-electron chi connectivity index (χ4n) is 2.62. The van der Waals surface area contributed by atoms with E-state index in [0.29, 0.717) is 28.4 Å². The minimum absolute atomic E-state index is 0.133. The predicted octanol–water partition coefficient (Wildman–Crippen LogP) is 4.82. The first kappa shape index (κ1) is 19.9. The van der Waals surface area contributed by atoms with Crippen LogP contribution in [-0.2, 0) is 0 Å². The number of hydrogen-bond acceptors (Lipinski definition) is 5. The van der Waals surface area contributed by atoms with Gasteiger partial charge in [0.1, 0.15) is 17.2 Å². The first-order chi connectivity index (χ1) is 14.1. The highest BCUT2D eigenvalue weighted by atomic mass is 16.5. The molecule has 0 bridgehead atoms.